The smallest absolute Gasteiger partial charge is 0.416 e. The van der Waals surface area contributed by atoms with Crippen molar-refractivity contribution >= 4 is 35.1 Å². The Hall–Kier alpha value is -3.82. The predicted octanol–water partition coefficient (Wildman–Crippen LogP) is 6.98. The minimum Gasteiger partial charge on any atom is -0.481 e. The fourth-order valence-electron chi connectivity index (χ4n) is 3.96. The first-order chi connectivity index (χ1) is 18.0. The zero-order valence-electron chi connectivity index (χ0n) is 19.8. The van der Waals surface area contributed by atoms with Crippen LogP contribution in [-0.4, -0.2) is 26.8 Å². The van der Waals surface area contributed by atoms with Crippen LogP contribution in [-0.2, 0) is 17.4 Å². The summed E-state index contributed by atoms with van der Waals surface area (Å²) in [7, 11) is 0. The van der Waals surface area contributed by atoms with E-state index in [1.807, 2.05) is 0 Å². The molecule has 4 rings (SSSR count). The molecule has 0 spiro atoms. The zero-order valence-corrected chi connectivity index (χ0v) is 21.3. The monoisotopic (exact) mass is 561 g/mol. The topological polar surface area (TPSA) is 84.2 Å². The number of rotatable bonds is 7. The quantitative estimate of drug-likeness (QED) is 0.255. The fraction of sp³-hybridized carbons (Fsp3) is 0.148. The molecule has 38 heavy (non-hydrogen) atoms. The lowest BCUT2D eigenvalue weighted by atomic mass is 10.0. The Labute approximate surface area is 225 Å². The number of benzene rings is 3. The van der Waals surface area contributed by atoms with Gasteiger partial charge < -0.3 is 10.4 Å². The first-order valence-electron chi connectivity index (χ1n) is 11.3. The molecule has 1 atom stereocenters. The number of alkyl halides is 3. The maximum atomic E-state index is 13.4. The van der Waals surface area contributed by atoms with Crippen molar-refractivity contribution in [2.75, 3.05) is 0 Å². The second-order valence-electron chi connectivity index (χ2n) is 8.43. The van der Waals surface area contributed by atoms with Crippen molar-refractivity contribution in [3.05, 3.63) is 105 Å². The molecule has 0 radical (unpaired) electrons. The van der Waals surface area contributed by atoms with Crippen LogP contribution in [0.2, 0.25) is 10.0 Å². The van der Waals surface area contributed by atoms with Crippen LogP contribution in [0.1, 0.15) is 40.1 Å². The number of carboxylic acid groups (broad SMARTS) is 1. The van der Waals surface area contributed by atoms with Gasteiger partial charge in [0.05, 0.1) is 34.4 Å². The number of para-hydroxylation sites is 1. The fourth-order valence-corrected chi connectivity index (χ4v) is 4.30. The number of carbonyl (C=O) groups is 2. The average molecular weight is 562 g/mol. The second kappa shape index (κ2) is 10.9. The van der Waals surface area contributed by atoms with E-state index in [1.165, 1.54) is 16.8 Å². The van der Waals surface area contributed by atoms with Gasteiger partial charge in [0.2, 0.25) is 0 Å². The van der Waals surface area contributed by atoms with Gasteiger partial charge in [-0.15, -0.1) is 0 Å². The van der Waals surface area contributed by atoms with Gasteiger partial charge in [-0.25, -0.2) is 4.68 Å². The van der Waals surface area contributed by atoms with Gasteiger partial charge in [-0.2, -0.15) is 18.3 Å². The highest BCUT2D eigenvalue weighted by atomic mass is 35.5. The number of hydrogen-bond donors (Lipinski definition) is 2. The van der Waals surface area contributed by atoms with Crippen molar-refractivity contribution < 1.29 is 27.9 Å². The van der Waals surface area contributed by atoms with Crippen molar-refractivity contribution in [2.24, 2.45) is 0 Å². The van der Waals surface area contributed by atoms with E-state index in [0.29, 0.717) is 32.6 Å². The summed E-state index contributed by atoms with van der Waals surface area (Å²) < 4.78 is 40.2. The molecule has 0 unspecified atom stereocenters. The van der Waals surface area contributed by atoms with Gasteiger partial charge in [0.1, 0.15) is 0 Å². The average Bonchev–Trinajstić information content (AvgIpc) is 3.22. The number of carbonyl (C=O) groups excluding carboxylic acids is 1. The molecule has 0 aliphatic rings. The third-order valence-electron chi connectivity index (χ3n) is 5.81. The highest BCUT2D eigenvalue weighted by Gasteiger charge is 2.31. The number of halogens is 5. The molecule has 1 amide bonds. The van der Waals surface area contributed by atoms with Crippen molar-refractivity contribution in [3.63, 3.8) is 0 Å². The Morgan fingerprint density at radius 2 is 1.63 bits per heavy atom. The van der Waals surface area contributed by atoms with Crippen LogP contribution in [0.25, 0.3) is 16.9 Å². The summed E-state index contributed by atoms with van der Waals surface area (Å²) in [4.78, 5) is 25.3. The second-order valence-corrected chi connectivity index (χ2v) is 9.27. The van der Waals surface area contributed by atoms with E-state index in [2.05, 4.69) is 10.4 Å². The van der Waals surface area contributed by atoms with Crippen LogP contribution >= 0.6 is 23.2 Å². The van der Waals surface area contributed by atoms with E-state index in [1.54, 1.807) is 55.5 Å². The van der Waals surface area contributed by atoms with E-state index >= 15 is 0 Å². The summed E-state index contributed by atoms with van der Waals surface area (Å²) in [6.45, 7) is 1.60. The summed E-state index contributed by atoms with van der Waals surface area (Å²) in [6, 6.07) is 17.0. The van der Waals surface area contributed by atoms with Gasteiger partial charge >= 0.3 is 12.1 Å². The minimum absolute atomic E-state index is 0.136. The van der Waals surface area contributed by atoms with Gasteiger partial charge in [0, 0.05) is 16.1 Å². The predicted molar refractivity (Wildman–Crippen MR) is 138 cm³/mol. The van der Waals surface area contributed by atoms with Gasteiger partial charge in [-0.05, 0) is 48.9 Å². The molecule has 2 N–H and O–H groups in total. The van der Waals surface area contributed by atoms with E-state index in [9.17, 15) is 27.9 Å². The standard InChI is InChI=1S/C27H20Cl2F3N3O3/c1-15(16-6-10-18(11-7-16)27(30,31)32)33-26(38)24-20(14-23(36)37)25(17-8-12-19(28)13-9-17)35(34-24)22-5-3-2-4-21(22)29/h2-13,15H,14H2,1H3,(H,33,38)(H,36,37)/t15-/m1/s1. The Kier molecular flexibility index (Phi) is 7.80. The molecule has 1 aromatic heterocycles. The lowest BCUT2D eigenvalue weighted by molar-refractivity contribution is -0.138. The third-order valence-corrected chi connectivity index (χ3v) is 6.38. The van der Waals surface area contributed by atoms with Crippen LogP contribution in [0.5, 0.6) is 0 Å². The van der Waals surface area contributed by atoms with Crippen LogP contribution in [0.4, 0.5) is 13.2 Å². The first-order valence-corrected chi connectivity index (χ1v) is 12.0. The third kappa shape index (κ3) is 5.84. The van der Waals surface area contributed by atoms with E-state index in [-0.39, 0.29) is 11.3 Å². The molecule has 4 aromatic rings. The Morgan fingerprint density at radius 3 is 2.21 bits per heavy atom. The van der Waals surface area contributed by atoms with Crippen molar-refractivity contribution in [2.45, 2.75) is 25.6 Å². The Bertz CT molecular complexity index is 1480. The number of aromatic nitrogens is 2. The summed E-state index contributed by atoms with van der Waals surface area (Å²) >= 11 is 12.5. The van der Waals surface area contributed by atoms with Crippen LogP contribution in [0.15, 0.2) is 72.8 Å². The highest BCUT2D eigenvalue weighted by molar-refractivity contribution is 6.32. The molecule has 6 nitrogen and oxygen atoms in total. The van der Waals surface area contributed by atoms with Gasteiger partial charge in [-0.1, -0.05) is 59.6 Å². The van der Waals surface area contributed by atoms with Gasteiger partial charge in [0.25, 0.3) is 5.91 Å². The first kappa shape index (κ1) is 27.2. The normalized spacial score (nSPS) is 12.3. The molecular formula is C27H20Cl2F3N3O3. The number of aliphatic carboxylic acids is 1. The summed E-state index contributed by atoms with van der Waals surface area (Å²) in [6.07, 6.45) is -5.01. The van der Waals surface area contributed by atoms with E-state index < -0.39 is 36.1 Å². The SMILES string of the molecule is C[C@@H](NC(=O)c1nn(-c2ccccc2Cl)c(-c2ccc(Cl)cc2)c1CC(=O)O)c1ccc(C(F)(F)F)cc1. The molecule has 11 heteroatoms. The molecule has 0 fully saturated rings. The lowest BCUT2D eigenvalue weighted by Crippen LogP contribution is -2.28. The lowest BCUT2D eigenvalue weighted by Gasteiger charge is -2.15. The number of nitrogens with zero attached hydrogens (tertiary/aromatic N) is 2. The van der Waals surface area contributed by atoms with Crippen LogP contribution in [0.3, 0.4) is 0 Å². The molecule has 0 bridgehead atoms. The maximum Gasteiger partial charge on any atom is 0.416 e. The number of amides is 1. The molecule has 0 aliphatic heterocycles. The largest absolute Gasteiger partial charge is 0.481 e. The van der Waals surface area contributed by atoms with E-state index in [0.717, 1.165) is 12.1 Å². The molecule has 0 saturated heterocycles. The van der Waals surface area contributed by atoms with Crippen molar-refractivity contribution in [1.82, 2.24) is 15.1 Å². The maximum absolute atomic E-state index is 13.4. The molecule has 0 saturated carbocycles. The van der Waals surface area contributed by atoms with Crippen molar-refractivity contribution in [3.8, 4) is 16.9 Å². The number of hydrogen-bond acceptors (Lipinski definition) is 3. The Balaban J connectivity index is 1.80. The molecule has 3 aromatic carbocycles. The van der Waals surface area contributed by atoms with Gasteiger partial charge in [-0.3, -0.25) is 9.59 Å². The van der Waals surface area contributed by atoms with E-state index in [4.69, 9.17) is 23.2 Å². The highest BCUT2D eigenvalue weighted by Crippen LogP contribution is 2.34. The van der Waals surface area contributed by atoms with Crippen LogP contribution in [0, 0.1) is 0 Å². The number of nitrogens with one attached hydrogen (secondary N) is 1. The zero-order chi connectivity index (χ0) is 27.6. The van der Waals surface area contributed by atoms with Crippen molar-refractivity contribution in [1.29, 1.82) is 0 Å². The minimum atomic E-state index is -4.49. The molecule has 196 valence electrons. The molecular weight excluding hydrogens is 542 g/mol. The molecule has 1 heterocycles. The molecule has 0 aliphatic carbocycles. The summed E-state index contributed by atoms with van der Waals surface area (Å²) in [5, 5.41) is 17.6. The Morgan fingerprint density at radius 1 is 1.00 bits per heavy atom. The summed E-state index contributed by atoms with van der Waals surface area (Å²) in [5.41, 5.74) is 0.898. The van der Waals surface area contributed by atoms with Crippen LogP contribution < -0.4 is 5.32 Å². The van der Waals surface area contributed by atoms with Gasteiger partial charge in [0.15, 0.2) is 5.69 Å². The number of carboxylic acids is 1. The summed E-state index contributed by atoms with van der Waals surface area (Å²) in [5.74, 6) is -1.89.